The van der Waals surface area contributed by atoms with Crippen molar-refractivity contribution in [3.8, 4) is 5.75 Å². The smallest absolute Gasteiger partial charge is 0.260 e. The lowest BCUT2D eigenvalue weighted by atomic mass is 10.1. The molecule has 1 N–H and O–H groups in total. The van der Waals surface area contributed by atoms with Gasteiger partial charge in [-0.2, -0.15) is 0 Å². The van der Waals surface area contributed by atoms with E-state index in [1.165, 1.54) is 0 Å². The summed E-state index contributed by atoms with van der Waals surface area (Å²) in [5.41, 5.74) is 3.50. The normalized spacial score (nSPS) is 10.8. The van der Waals surface area contributed by atoms with Crippen LogP contribution in [0.4, 0.5) is 0 Å². The predicted molar refractivity (Wildman–Crippen MR) is 119 cm³/mol. The number of carbonyl (C=O) groups is 2. The lowest BCUT2D eigenvalue weighted by molar-refractivity contribution is -0.132. The standard InChI is InChI=1S/C24H29N3O3/c1-5-27(6-2)22(28)16-30-19-12-13-21-20(14-19)23(17(3)26(21)4)24(29)25-15-18-10-8-7-9-11-18/h7-14H,5-6,15-16H2,1-4H3,(H,25,29). The van der Waals surface area contributed by atoms with Crippen LogP contribution < -0.4 is 10.1 Å². The Morgan fingerprint density at radius 1 is 1.07 bits per heavy atom. The van der Waals surface area contributed by atoms with E-state index >= 15 is 0 Å². The fraction of sp³-hybridized carbons (Fsp3) is 0.333. The van der Waals surface area contributed by atoms with Crippen molar-refractivity contribution in [2.45, 2.75) is 27.3 Å². The third-order valence-electron chi connectivity index (χ3n) is 5.47. The van der Waals surface area contributed by atoms with Crippen molar-refractivity contribution in [3.05, 3.63) is 65.4 Å². The van der Waals surface area contributed by atoms with Crippen LogP contribution in [0.2, 0.25) is 0 Å². The summed E-state index contributed by atoms with van der Waals surface area (Å²) in [5.74, 6) is 0.397. The zero-order valence-corrected chi connectivity index (χ0v) is 18.1. The molecule has 0 atom stereocenters. The summed E-state index contributed by atoms with van der Waals surface area (Å²) in [5, 5.41) is 3.82. The fourth-order valence-corrected chi connectivity index (χ4v) is 3.61. The van der Waals surface area contributed by atoms with Crippen LogP contribution in [0.15, 0.2) is 48.5 Å². The first kappa shape index (κ1) is 21.4. The SMILES string of the molecule is CCN(CC)C(=O)COc1ccc2c(c1)c(C(=O)NCc1ccccc1)c(C)n2C. The second-order valence-corrected chi connectivity index (χ2v) is 7.22. The Bertz CT molecular complexity index is 1040. The molecular formula is C24H29N3O3. The molecule has 0 aliphatic carbocycles. The molecule has 0 spiro atoms. The Kier molecular flexibility index (Phi) is 6.77. The number of aromatic nitrogens is 1. The van der Waals surface area contributed by atoms with E-state index in [1.807, 2.05) is 80.9 Å². The molecule has 1 aromatic heterocycles. The van der Waals surface area contributed by atoms with Gasteiger partial charge in [0.25, 0.3) is 11.8 Å². The number of fused-ring (bicyclic) bond motifs is 1. The molecule has 0 radical (unpaired) electrons. The number of likely N-dealkylation sites (N-methyl/N-ethyl adjacent to an activating group) is 1. The second-order valence-electron chi connectivity index (χ2n) is 7.22. The van der Waals surface area contributed by atoms with E-state index in [-0.39, 0.29) is 18.4 Å². The number of nitrogens with one attached hydrogen (secondary N) is 1. The minimum absolute atomic E-state index is 0.0193. The first-order chi connectivity index (χ1) is 14.5. The Morgan fingerprint density at radius 3 is 2.43 bits per heavy atom. The van der Waals surface area contributed by atoms with Crippen LogP contribution in [0.5, 0.6) is 5.75 Å². The Balaban J connectivity index is 1.82. The summed E-state index contributed by atoms with van der Waals surface area (Å²) < 4.78 is 7.74. The average Bonchev–Trinajstić information content (AvgIpc) is 3.02. The molecule has 0 saturated carbocycles. The van der Waals surface area contributed by atoms with Gasteiger partial charge in [-0.15, -0.1) is 0 Å². The van der Waals surface area contributed by atoms with Gasteiger partial charge < -0.3 is 19.5 Å². The molecule has 3 rings (SSSR count). The van der Waals surface area contributed by atoms with Gasteiger partial charge in [0.15, 0.2) is 6.61 Å². The van der Waals surface area contributed by atoms with E-state index in [0.29, 0.717) is 30.9 Å². The van der Waals surface area contributed by atoms with E-state index in [0.717, 1.165) is 22.2 Å². The molecule has 2 amide bonds. The van der Waals surface area contributed by atoms with Crippen molar-refractivity contribution in [1.29, 1.82) is 0 Å². The maximum absolute atomic E-state index is 13.0. The molecule has 3 aromatic rings. The number of benzene rings is 2. The molecule has 6 heteroatoms. The Labute approximate surface area is 177 Å². The number of nitrogens with zero attached hydrogens (tertiary/aromatic N) is 2. The van der Waals surface area contributed by atoms with Gasteiger partial charge in [-0.05, 0) is 44.5 Å². The Hall–Kier alpha value is -3.28. The average molecular weight is 408 g/mol. The quantitative estimate of drug-likeness (QED) is 0.620. The van der Waals surface area contributed by atoms with Crippen LogP contribution >= 0.6 is 0 Å². The summed E-state index contributed by atoms with van der Waals surface area (Å²) >= 11 is 0. The van der Waals surface area contributed by atoms with E-state index in [1.54, 1.807) is 4.90 Å². The summed E-state index contributed by atoms with van der Waals surface area (Å²) in [6.07, 6.45) is 0. The summed E-state index contributed by atoms with van der Waals surface area (Å²) in [6, 6.07) is 15.4. The van der Waals surface area contributed by atoms with Gasteiger partial charge in [-0.3, -0.25) is 9.59 Å². The number of hydrogen-bond acceptors (Lipinski definition) is 3. The Morgan fingerprint density at radius 2 is 1.77 bits per heavy atom. The van der Waals surface area contributed by atoms with Gasteiger partial charge in [-0.25, -0.2) is 0 Å². The molecule has 0 aliphatic heterocycles. The van der Waals surface area contributed by atoms with Crippen LogP contribution in [0.3, 0.4) is 0 Å². The minimum Gasteiger partial charge on any atom is -0.484 e. The molecule has 0 bridgehead atoms. The summed E-state index contributed by atoms with van der Waals surface area (Å²) in [7, 11) is 1.94. The van der Waals surface area contributed by atoms with Gasteiger partial charge in [0.1, 0.15) is 5.75 Å². The molecule has 0 fully saturated rings. The number of aryl methyl sites for hydroxylation is 1. The monoisotopic (exact) mass is 407 g/mol. The molecule has 2 aromatic carbocycles. The number of ether oxygens (including phenoxy) is 1. The van der Waals surface area contributed by atoms with Gasteiger partial charge in [0.05, 0.1) is 5.56 Å². The summed E-state index contributed by atoms with van der Waals surface area (Å²) in [4.78, 5) is 26.9. The van der Waals surface area contributed by atoms with Crippen molar-refractivity contribution in [2.24, 2.45) is 7.05 Å². The van der Waals surface area contributed by atoms with Gasteiger partial charge >= 0.3 is 0 Å². The number of hydrogen-bond donors (Lipinski definition) is 1. The van der Waals surface area contributed by atoms with Crippen molar-refractivity contribution < 1.29 is 14.3 Å². The molecule has 30 heavy (non-hydrogen) atoms. The van der Waals surface area contributed by atoms with Crippen molar-refractivity contribution >= 4 is 22.7 Å². The molecular weight excluding hydrogens is 378 g/mol. The third kappa shape index (κ3) is 4.48. The van der Waals surface area contributed by atoms with Crippen LogP contribution in [0.25, 0.3) is 10.9 Å². The highest BCUT2D eigenvalue weighted by Crippen LogP contribution is 2.29. The zero-order chi connectivity index (χ0) is 21.7. The first-order valence-corrected chi connectivity index (χ1v) is 10.3. The first-order valence-electron chi connectivity index (χ1n) is 10.3. The number of carbonyl (C=O) groups excluding carboxylic acids is 2. The van der Waals surface area contributed by atoms with Crippen molar-refractivity contribution in [2.75, 3.05) is 19.7 Å². The fourth-order valence-electron chi connectivity index (χ4n) is 3.61. The van der Waals surface area contributed by atoms with E-state index < -0.39 is 0 Å². The lowest BCUT2D eigenvalue weighted by Gasteiger charge is -2.18. The molecule has 1 heterocycles. The van der Waals surface area contributed by atoms with Crippen LogP contribution in [0, 0.1) is 6.92 Å². The number of rotatable bonds is 8. The van der Waals surface area contributed by atoms with Crippen LogP contribution in [0.1, 0.15) is 35.5 Å². The van der Waals surface area contributed by atoms with Crippen molar-refractivity contribution in [3.63, 3.8) is 0 Å². The highest BCUT2D eigenvalue weighted by molar-refractivity contribution is 6.08. The lowest BCUT2D eigenvalue weighted by Crippen LogP contribution is -2.34. The van der Waals surface area contributed by atoms with Gasteiger partial charge in [0.2, 0.25) is 0 Å². The molecule has 6 nitrogen and oxygen atoms in total. The van der Waals surface area contributed by atoms with E-state index in [9.17, 15) is 9.59 Å². The topological polar surface area (TPSA) is 63.6 Å². The maximum atomic E-state index is 13.0. The van der Waals surface area contributed by atoms with Gasteiger partial charge in [-0.1, -0.05) is 30.3 Å². The van der Waals surface area contributed by atoms with E-state index in [4.69, 9.17) is 4.74 Å². The molecule has 158 valence electrons. The third-order valence-corrected chi connectivity index (χ3v) is 5.47. The number of amides is 2. The van der Waals surface area contributed by atoms with Gasteiger partial charge in [0, 0.05) is 43.3 Å². The highest BCUT2D eigenvalue weighted by atomic mass is 16.5. The maximum Gasteiger partial charge on any atom is 0.260 e. The highest BCUT2D eigenvalue weighted by Gasteiger charge is 2.19. The molecule has 0 aliphatic rings. The van der Waals surface area contributed by atoms with Crippen LogP contribution in [-0.4, -0.2) is 41.0 Å². The molecule has 0 unspecified atom stereocenters. The zero-order valence-electron chi connectivity index (χ0n) is 18.1. The summed E-state index contributed by atoms with van der Waals surface area (Å²) in [6.45, 7) is 7.57. The van der Waals surface area contributed by atoms with E-state index in [2.05, 4.69) is 5.32 Å². The predicted octanol–water partition coefficient (Wildman–Crippen LogP) is 3.66. The second kappa shape index (κ2) is 9.48. The van der Waals surface area contributed by atoms with Crippen molar-refractivity contribution in [1.82, 2.24) is 14.8 Å². The van der Waals surface area contributed by atoms with Crippen LogP contribution in [-0.2, 0) is 18.4 Å². The minimum atomic E-state index is -0.127. The molecule has 0 saturated heterocycles. The largest absolute Gasteiger partial charge is 0.484 e.